The molecule has 1 aliphatic carbocycles. The molecule has 0 spiro atoms. The van der Waals surface area contributed by atoms with Gasteiger partial charge >= 0.3 is 0 Å². The summed E-state index contributed by atoms with van der Waals surface area (Å²) < 4.78 is 26.7. The second kappa shape index (κ2) is 6.26. The molecule has 1 fully saturated rings. The van der Waals surface area contributed by atoms with Crippen LogP contribution in [0.2, 0.25) is 0 Å². The largest absolute Gasteiger partial charge is 0.325 e. The first-order chi connectivity index (χ1) is 9.92. The van der Waals surface area contributed by atoms with Gasteiger partial charge in [0.1, 0.15) is 0 Å². The van der Waals surface area contributed by atoms with Crippen molar-refractivity contribution in [1.82, 2.24) is 4.72 Å². The standard InChI is InChI=1S/C14H17N3O3S/c1-2-4-13(15)14(18)16-11-5-3-6-12(9-11)21(19,20)17-10-7-8-10/h1,3,5-6,9-10,13,17H,4,7-8,15H2,(H,16,18). The van der Waals surface area contributed by atoms with E-state index in [9.17, 15) is 13.2 Å². The number of carbonyl (C=O) groups excluding carboxylic acids is 1. The minimum Gasteiger partial charge on any atom is -0.325 e. The average Bonchev–Trinajstić information content (AvgIpc) is 3.22. The zero-order valence-electron chi connectivity index (χ0n) is 11.4. The minimum absolute atomic E-state index is 0.0253. The Morgan fingerprint density at radius 3 is 2.81 bits per heavy atom. The molecule has 0 aromatic heterocycles. The third kappa shape index (κ3) is 4.29. The Kier molecular flexibility index (Phi) is 4.63. The second-order valence-electron chi connectivity index (χ2n) is 4.93. The van der Waals surface area contributed by atoms with Crippen LogP contribution in [0.4, 0.5) is 5.69 Å². The molecule has 21 heavy (non-hydrogen) atoms. The molecular formula is C14H17N3O3S. The van der Waals surface area contributed by atoms with E-state index < -0.39 is 22.0 Å². The molecule has 0 heterocycles. The molecule has 1 amide bonds. The Morgan fingerprint density at radius 1 is 1.48 bits per heavy atom. The molecule has 7 heteroatoms. The number of carbonyl (C=O) groups is 1. The van der Waals surface area contributed by atoms with E-state index in [1.807, 2.05) is 0 Å². The van der Waals surface area contributed by atoms with E-state index in [4.69, 9.17) is 12.2 Å². The second-order valence-corrected chi connectivity index (χ2v) is 6.64. The van der Waals surface area contributed by atoms with Gasteiger partial charge in [-0.05, 0) is 31.0 Å². The van der Waals surface area contributed by atoms with E-state index in [0.717, 1.165) is 12.8 Å². The molecular weight excluding hydrogens is 290 g/mol. The lowest BCUT2D eigenvalue weighted by molar-refractivity contribution is -0.117. The fourth-order valence-electron chi connectivity index (χ4n) is 1.68. The molecule has 0 bridgehead atoms. The molecule has 1 atom stereocenters. The molecule has 1 unspecified atom stereocenters. The van der Waals surface area contributed by atoms with Gasteiger partial charge in [0, 0.05) is 18.2 Å². The summed E-state index contributed by atoms with van der Waals surface area (Å²) in [6.45, 7) is 0. The van der Waals surface area contributed by atoms with Crippen molar-refractivity contribution in [3.05, 3.63) is 24.3 Å². The minimum atomic E-state index is -3.55. The molecule has 6 nitrogen and oxygen atoms in total. The lowest BCUT2D eigenvalue weighted by Crippen LogP contribution is -2.35. The topological polar surface area (TPSA) is 101 Å². The van der Waals surface area contributed by atoms with Crippen LogP contribution in [0.5, 0.6) is 0 Å². The number of hydrogen-bond acceptors (Lipinski definition) is 4. The quantitative estimate of drug-likeness (QED) is 0.663. The molecule has 0 aliphatic heterocycles. The van der Waals surface area contributed by atoms with Crippen molar-refractivity contribution in [1.29, 1.82) is 0 Å². The van der Waals surface area contributed by atoms with Crippen molar-refractivity contribution in [3.8, 4) is 12.3 Å². The van der Waals surface area contributed by atoms with Gasteiger partial charge in [-0.15, -0.1) is 12.3 Å². The van der Waals surface area contributed by atoms with Gasteiger partial charge in [-0.3, -0.25) is 4.79 Å². The van der Waals surface area contributed by atoms with E-state index in [2.05, 4.69) is 16.0 Å². The SMILES string of the molecule is C#CCC(N)C(=O)Nc1cccc(S(=O)(=O)NC2CC2)c1. The van der Waals surface area contributed by atoms with Crippen LogP contribution in [0.15, 0.2) is 29.2 Å². The van der Waals surface area contributed by atoms with Crippen LogP contribution in [0.25, 0.3) is 0 Å². The van der Waals surface area contributed by atoms with Gasteiger partial charge in [0.2, 0.25) is 15.9 Å². The molecule has 0 radical (unpaired) electrons. The smallest absolute Gasteiger partial charge is 0.242 e. The van der Waals surface area contributed by atoms with Crippen LogP contribution >= 0.6 is 0 Å². The van der Waals surface area contributed by atoms with Crippen molar-refractivity contribution in [2.45, 2.75) is 36.2 Å². The number of benzene rings is 1. The van der Waals surface area contributed by atoms with Gasteiger partial charge in [-0.1, -0.05) is 6.07 Å². The number of amides is 1. The van der Waals surface area contributed by atoms with E-state index in [0.29, 0.717) is 5.69 Å². The summed E-state index contributed by atoms with van der Waals surface area (Å²) in [4.78, 5) is 11.9. The molecule has 4 N–H and O–H groups in total. The fourth-order valence-corrected chi connectivity index (χ4v) is 3.03. The summed E-state index contributed by atoms with van der Waals surface area (Å²) in [7, 11) is -3.55. The molecule has 112 valence electrons. The Morgan fingerprint density at radius 2 is 2.19 bits per heavy atom. The highest BCUT2D eigenvalue weighted by molar-refractivity contribution is 7.89. The molecule has 1 aliphatic rings. The Balaban J connectivity index is 2.10. The van der Waals surface area contributed by atoms with Crippen LogP contribution in [0.1, 0.15) is 19.3 Å². The van der Waals surface area contributed by atoms with Gasteiger partial charge in [0.15, 0.2) is 0 Å². The zero-order chi connectivity index (χ0) is 15.5. The Hall–Kier alpha value is -1.88. The van der Waals surface area contributed by atoms with Gasteiger partial charge in [0.25, 0.3) is 0 Å². The van der Waals surface area contributed by atoms with Crippen LogP contribution in [0, 0.1) is 12.3 Å². The molecule has 0 saturated heterocycles. The Labute approximate surface area is 124 Å². The monoisotopic (exact) mass is 307 g/mol. The molecule has 2 rings (SSSR count). The molecule has 1 aromatic rings. The highest BCUT2D eigenvalue weighted by Gasteiger charge is 2.28. The summed E-state index contributed by atoms with van der Waals surface area (Å²) in [6, 6.07) is 5.23. The normalized spacial score (nSPS) is 16.0. The summed E-state index contributed by atoms with van der Waals surface area (Å²) in [5, 5.41) is 2.56. The van der Waals surface area contributed by atoms with Gasteiger partial charge in [-0.25, -0.2) is 13.1 Å². The zero-order valence-corrected chi connectivity index (χ0v) is 12.2. The van der Waals surface area contributed by atoms with Gasteiger partial charge in [0.05, 0.1) is 10.9 Å². The van der Waals surface area contributed by atoms with Gasteiger partial charge < -0.3 is 11.1 Å². The summed E-state index contributed by atoms with van der Waals surface area (Å²) in [5.74, 6) is 1.86. The van der Waals surface area contributed by atoms with Crippen molar-refractivity contribution < 1.29 is 13.2 Å². The van der Waals surface area contributed by atoms with Crippen LogP contribution in [-0.2, 0) is 14.8 Å². The summed E-state index contributed by atoms with van der Waals surface area (Å²) >= 11 is 0. The lowest BCUT2D eigenvalue weighted by Gasteiger charge is -2.11. The van der Waals surface area contributed by atoms with E-state index in [1.54, 1.807) is 12.1 Å². The number of anilines is 1. The maximum atomic E-state index is 12.1. The number of hydrogen-bond donors (Lipinski definition) is 3. The predicted octanol–water partition coefficient (Wildman–Crippen LogP) is 0.416. The summed E-state index contributed by atoms with van der Waals surface area (Å²) in [6.07, 6.45) is 6.93. The first kappa shape index (κ1) is 15.5. The van der Waals surface area contributed by atoms with Crippen LogP contribution < -0.4 is 15.8 Å². The third-order valence-corrected chi connectivity index (χ3v) is 4.50. The number of sulfonamides is 1. The number of terminal acetylenes is 1. The van der Waals surface area contributed by atoms with Gasteiger partial charge in [-0.2, -0.15) is 0 Å². The van der Waals surface area contributed by atoms with E-state index in [-0.39, 0.29) is 17.4 Å². The van der Waals surface area contributed by atoms with Crippen LogP contribution in [0.3, 0.4) is 0 Å². The fraction of sp³-hybridized carbons (Fsp3) is 0.357. The molecule has 1 aromatic carbocycles. The van der Waals surface area contributed by atoms with E-state index in [1.165, 1.54) is 12.1 Å². The van der Waals surface area contributed by atoms with E-state index >= 15 is 0 Å². The van der Waals surface area contributed by atoms with Crippen molar-refractivity contribution in [2.75, 3.05) is 5.32 Å². The number of rotatable bonds is 6. The highest BCUT2D eigenvalue weighted by atomic mass is 32.2. The van der Waals surface area contributed by atoms with Crippen LogP contribution in [-0.4, -0.2) is 26.4 Å². The predicted molar refractivity (Wildman–Crippen MR) is 79.8 cm³/mol. The lowest BCUT2D eigenvalue weighted by atomic mass is 10.2. The average molecular weight is 307 g/mol. The Bertz CT molecular complexity index is 675. The summed E-state index contributed by atoms with van der Waals surface area (Å²) in [5.41, 5.74) is 5.96. The molecule has 1 saturated carbocycles. The maximum absolute atomic E-state index is 12.1. The van der Waals surface area contributed by atoms with Crippen molar-refractivity contribution >= 4 is 21.6 Å². The maximum Gasteiger partial charge on any atom is 0.242 e. The van der Waals surface area contributed by atoms with Crippen molar-refractivity contribution in [2.24, 2.45) is 5.73 Å². The number of nitrogens with one attached hydrogen (secondary N) is 2. The van der Waals surface area contributed by atoms with Crippen molar-refractivity contribution in [3.63, 3.8) is 0 Å². The first-order valence-corrected chi connectivity index (χ1v) is 8.03. The number of nitrogens with two attached hydrogens (primary N) is 1. The highest BCUT2D eigenvalue weighted by Crippen LogP contribution is 2.23. The third-order valence-electron chi connectivity index (χ3n) is 2.99. The first-order valence-electron chi connectivity index (χ1n) is 6.54.